The smallest absolute Gasteiger partial charge is 0.243 e. The van der Waals surface area contributed by atoms with E-state index in [4.69, 9.17) is 23.2 Å². The number of halogens is 2. The summed E-state index contributed by atoms with van der Waals surface area (Å²) in [4.78, 5) is 12.2. The molecular formula is C18H16Cl2N2O. The van der Waals surface area contributed by atoms with Gasteiger partial charge in [0.15, 0.2) is 0 Å². The van der Waals surface area contributed by atoms with Gasteiger partial charge in [-0.1, -0.05) is 59.6 Å². The predicted octanol–water partition coefficient (Wildman–Crippen LogP) is 4.64. The minimum Gasteiger partial charge on any atom is -0.273 e. The maximum Gasteiger partial charge on any atom is 0.243 e. The third kappa shape index (κ3) is 3.74. The summed E-state index contributed by atoms with van der Waals surface area (Å²) in [6, 6.07) is 15.4. The summed E-state index contributed by atoms with van der Waals surface area (Å²) in [6.07, 6.45) is 0.872. The van der Waals surface area contributed by atoms with E-state index >= 15 is 0 Å². The second-order valence-corrected chi connectivity index (χ2v) is 6.48. The Morgan fingerprint density at radius 3 is 2.57 bits per heavy atom. The fraction of sp³-hybridized carbons (Fsp3) is 0.222. The number of nitrogens with one attached hydrogen (secondary N) is 1. The minimum atomic E-state index is -0.0433. The zero-order chi connectivity index (χ0) is 16.4. The molecule has 118 valence electrons. The molecule has 0 aromatic heterocycles. The van der Waals surface area contributed by atoms with Gasteiger partial charge >= 0.3 is 0 Å². The van der Waals surface area contributed by atoms with Gasteiger partial charge in [0.05, 0.1) is 15.8 Å². The molecular weight excluding hydrogens is 331 g/mol. The van der Waals surface area contributed by atoms with E-state index in [1.165, 1.54) is 5.56 Å². The number of benzene rings is 2. The van der Waals surface area contributed by atoms with Gasteiger partial charge in [-0.25, -0.2) is 5.43 Å². The third-order valence-electron chi connectivity index (χ3n) is 4.03. The molecule has 1 aliphatic rings. The first-order valence-electron chi connectivity index (χ1n) is 7.41. The Bertz CT molecular complexity index is 759. The number of amides is 1. The molecule has 5 heteroatoms. The Labute approximate surface area is 145 Å². The summed E-state index contributed by atoms with van der Waals surface area (Å²) in [5.41, 5.74) is 5.37. The van der Waals surface area contributed by atoms with Crippen LogP contribution in [0.15, 0.2) is 53.6 Å². The molecule has 0 radical (unpaired) electrons. The quantitative estimate of drug-likeness (QED) is 0.635. The molecule has 0 unspecified atom stereocenters. The molecule has 0 saturated heterocycles. The monoisotopic (exact) mass is 346 g/mol. The van der Waals surface area contributed by atoms with Crippen molar-refractivity contribution in [2.75, 3.05) is 0 Å². The van der Waals surface area contributed by atoms with Crippen LogP contribution in [-0.4, -0.2) is 11.6 Å². The summed E-state index contributed by atoms with van der Waals surface area (Å²) < 4.78 is 0. The molecule has 2 aromatic carbocycles. The van der Waals surface area contributed by atoms with E-state index in [1.807, 2.05) is 31.2 Å². The van der Waals surface area contributed by atoms with Crippen molar-refractivity contribution in [1.82, 2.24) is 5.43 Å². The van der Waals surface area contributed by atoms with Crippen molar-refractivity contribution in [3.8, 4) is 0 Å². The topological polar surface area (TPSA) is 41.5 Å². The van der Waals surface area contributed by atoms with E-state index in [9.17, 15) is 4.79 Å². The molecule has 0 spiro atoms. The molecule has 0 bridgehead atoms. The zero-order valence-electron chi connectivity index (χ0n) is 12.6. The number of hydrazone groups is 1. The lowest BCUT2D eigenvalue weighted by molar-refractivity contribution is -0.122. The summed E-state index contributed by atoms with van der Waals surface area (Å²) in [7, 11) is 0. The molecule has 1 N–H and O–H groups in total. The van der Waals surface area contributed by atoms with Crippen molar-refractivity contribution in [1.29, 1.82) is 0 Å². The standard InChI is InChI=1S/C18H16Cl2N2O/c1-11(13-7-8-16(19)17(20)9-13)21-22-18(23)15-10-14(15)12-5-3-2-4-6-12/h2-9,14-15H,10H2,1H3,(H,22,23)/b21-11-/t14-,15-/m0/s1. The summed E-state index contributed by atoms with van der Waals surface area (Å²) in [6.45, 7) is 1.82. The normalized spacial score (nSPS) is 20.2. The molecule has 3 rings (SSSR count). The van der Waals surface area contributed by atoms with Crippen molar-refractivity contribution < 1.29 is 4.79 Å². The van der Waals surface area contributed by atoms with Crippen LogP contribution in [0.3, 0.4) is 0 Å². The predicted molar refractivity (Wildman–Crippen MR) is 94.1 cm³/mol. The Kier molecular flexibility index (Phi) is 4.69. The number of rotatable bonds is 4. The average Bonchev–Trinajstić information content (AvgIpc) is 3.36. The molecule has 1 fully saturated rings. The second kappa shape index (κ2) is 6.73. The molecule has 23 heavy (non-hydrogen) atoms. The lowest BCUT2D eigenvalue weighted by atomic mass is 10.1. The van der Waals surface area contributed by atoms with E-state index in [2.05, 4.69) is 22.7 Å². The fourth-order valence-electron chi connectivity index (χ4n) is 2.56. The van der Waals surface area contributed by atoms with Crippen molar-refractivity contribution in [3.63, 3.8) is 0 Å². The highest BCUT2D eigenvalue weighted by molar-refractivity contribution is 6.42. The number of hydrogen-bond acceptors (Lipinski definition) is 2. The van der Waals surface area contributed by atoms with Gasteiger partial charge < -0.3 is 0 Å². The Hall–Kier alpha value is -1.84. The highest BCUT2D eigenvalue weighted by Crippen LogP contribution is 2.47. The summed E-state index contributed by atoms with van der Waals surface area (Å²) in [5, 5.41) is 5.13. The van der Waals surface area contributed by atoms with Gasteiger partial charge in [-0.2, -0.15) is 5.10 Å². The lowest BCUT2D eigenvalue weighted by Gasteiger charge is -2.04. The van der Waals surface area contributed by atoms with Gasteiger partial charge in [0.25, 0.3) is 0 Å². The first kappa shape index (κ1) is 16.0. The van der Waals surface area contributed by atoms with Crippen LogP contribution in [0.25, 0.3) is 0 Å². The van der Waals surface area contributed by atoms with E-state index in [0.29, 0.717) is 21.7 Å². The third-order valence-corrected chi connectivity index (χ3v) is 4.77. The lowest BCUT2D eigenvalue weighted by Crippen LogP contribution is -2.21. The van der Waals surface area contributed by atoms with Crippen LogP contribution in [0.4, 0.5) is 0 Å². The van der Waals surface area contributed by atoms with Crippen molar-refractivity contribution in [2.24, 2.45) is 11.0 Å². The molecule has 1 saturated carbocycles. The van der Waals surface area contributed by atoms with Gasteiger partial charge in [0, 0.05) is 5.92 Å². The largest absolute Gasteiger partial charge is 0.273 e. The second-order valence-electron chi connectivity index (χ2n) is 5.66. The highest BCUT2D eigenvalue weighted by atomic mass is 35.5. The summed E-state index contributed by atoms with van der Waals surface area (Å²) >= 11 is 11.9. The van der Waals surface area contributed by atoms with Gasteiger partial charge in [-0.15, -0.1) is 0 Å². The molecule has 0 heterocycles. The first-order valence-corrected chi connectivity index (χ1v) is 8.16. The number of carbonyl (C=O) groups excluding carboxylic acids is 1. The van der Waals surface area contributed by atoms with Crippen LogP contribution in [-0.2, 0) is 4.79 Å². The number of carbonyl (C=O) groups is 1. The van der Waals surface area contributed by atoms with Crippen LogP contribution < -0.4 is 5.43 Å². The van der Waals surface area contributed by atoms with Crippen LogP contribution >= 0.6 is 23.2 Å². The molecule has 1 aliphatic carbocycles. The molecule has 1 amide bonds. The first-order chi connectivity index (χ1) is 11.1. The van der Waals surface area contributed by atoms with Crippen molar-refractivity contribution in [3.05, 3.63) is 69.7 Å². The molecule has 2 atom stereocenters. The van der Waals surface area contributed by atoms with Gasteiger partial charge in [-0.3, -0.25) is 4.79 Å². The van der Waals surface area contributed by atoms with E-state index in [0.717, 1.165) is 12.0 Å². The fourth-order valence-corrected chi connectivity index (χ4v) is 2.86. The maximum atomic E-state index is 12.2. The zero-order valence-corrected chi connectivity index (χ0v) is 14.1. The highest BCUT2D eigenvalue weighted by Gasteiger charge is 2.43. The summed E-state index contributed by atoms with van der Waals surface area (Å²) in [5.74, 6) is 0.262. The van der Waals surface area contributed by atoms with E-state index in [-0.39, 0.29) is 11.8 Å². The van der Waals surface area contributed by atoms with Crippen LogP contribution in [0.1, 0.15) is 30.4 Å². The Morgan fingerprint density at radius 2 is 1.87 bits per heavy atom. The van der Waals surface area contributed by atoms with E-state index < -0.39 is 0 Å². The SMILES string of the molecule is C/C(=N/NC(=O)[C@H]1C[C@H]1c1ccccc1)c1ccc(Cl)c(Cl)c1. The van der Waals surface area contributed by atoms with E-state index in [1.54, 1.807) is 12.1 Å². The maximum absolute atomic E-state index is 12.2. The Morgan fingerprint density at radius 1 is 1.13 bits per heavy atom. The number of hydrogen-bond donors (Lipinski definition) is 1. The number of nitrogens with zero attached hydrogens (tertiary/aromatic N) is 1. The van der Waals surface area contributed by atoms with Crippen LogP contribution in [0.2, 0.25) is 10.0 Å². The molecule has 2 aromatic rings. The average molecular weight is 347 g/mol. The van der Waals surface area contributed by atoms with Gasteiger partial charge in [-0.05, 0) is 42.5 Å². The minimum absolute atomic E-state index is 0.00255. The van der Waals surface area contributed by atoms with Crippen LogP contribution in [0.5, 0.6) is 0 Å². The van der Waals surface area contributed by atoms with Gasteiger partial charge in [0.2, 0.25) is 5.91 Å². The van der Waals surface area contributed by atoms with Gasteiger partial charge in [0.1, 0.15) is 0 Å². The molecule has 0 aliphatic heterocycles. The Balaban J connectivity index is 1.61. The van der Waals surface area contributed by atoms with Crippen LogP contribution in [0, 0.1) is 5.92 Å². The van der Waals surface area contributed by atoms with Crippen molar-refractivity contribution >= 4 is 34.8 Å². The molecule has 3 nitrogen and oxygen atoms in total. The van der Waals surface area contributed by atoms with Crippen molar-refractivity contribution in [2.45, 2.75) is 19.3 Å².